The van der Waals surface area contributed by atoms with Crippen LogP contribution in [0.15, 0.2) is 84.9 Å². The number of alkyl halides is 3. The third kappa shape index (κ3) is 11.6. The average molecular weight is 1010 g/mol. The monoisotopic (exact) mass is 1000 g/mol. The van der Waals surface area contributed by atoms with Gasteiger partial charge in [-0.1, -0.05) is 101 Å². The minimum absolute atomic E-state index is 0.0173. The summed E-state index contributed by atoms with van der Waals surface area (Å²) in [6, 6.07) is 21.8. The largest absolute Gasteiger partial charge is 0.488 e. The third-order valence-electron chi connectivity index (χ3n) is 13.1. The predicted octanol–water partition coefficient (Wildman–Crippen LogP) is 10.5. The highest BCUT2D eigenvalue weighted by Gasteiger charge is 2.62. The zero-order chi connectivity index (χ0) is 49.1. The normalized spacial score (nSPS) is 20.6. The van der Waals surface area contributed by atoms with Crippen molar-refractivity contribution in [1.29, 1.82) is 0 Å². The lowest BCUT2D eigenvalue weighted by atomic mass is 9.60. The number of rotatable bonds is 16. The van der Waals surface area contributed by atoms with Crippen molar-refractivity contribution in [2.45, 2.75) is 106 Å². The van der Waals surface area contributed by atoms with E-state index in [9.17, 15) is 22.8 Å². The molecule has 0 spiro atoms. The molecule has 366 valence electrons. The van der Waals surface area contributed by atoms with Crippen LogP contribution in [0.4, 0.5) is 22.8 Å². The Morgan fingerprint density at radius 1 is 0.853 bits per heavy atom. The Morgan fingerprint density at radius 3 is 2.18 bits per heavy atom. The number of nitrogens with zero attached hydrogens (tertiary/aromatic N) is 4. The predicted molar refractivity (Wildman–Crippen MR) is 246 cm³/mol. The van der Waals surface area contributed by atoms with E-state index in [1.54, 1.807) is 18.2 Å². The molecule has 3 aliphatic rings. The van der Waals surface area contributed by atoms with Crippen molar-refractivity contribution >= 4 is 52.9 Å². The van der Waals surface area contributed by atoms with Crippen LogP contribution in [0.5, 0.6) is 11.5 Å². The molecule has 2 heterocycles. The summed E-state index contributed by atoms with van der Waals surface area (Å²) in [5, 5.41) is 17.6. The smallest absolute Gasteiger partial charge is 0.415 e. The van der Waals surface area contributed by atoms with Crippen molar-refractivity contribution in [3.05, 3.63) is 130 Å². The van der Waals surface area contributed by atoms with Crippen molar-refractivity contribution in [2.24, 2.45) is 5.41 Å². The molecular formula is C49H54Cl3F3N4O9. The Hall–Kier alpha value is -4.81. The van der Waals surface area contributed by atoms with Crippen LogP contribution in [0.3, 0.4) is 0 Å². The molecule has 0 aromatic heterocycles. The second-order valence-electron chi connectivity index (χ2n) is 18.3. The SMILES string of the molecule is Cc1ccc(CCN(C(=O)C2(C)C(c3ccc(CCCOc4c(F)ccc(F)c4F)cc3)CC3CN(C(=O)Oc4cccc(CON(O)O)c4)CC2N3C(=O)OC(C)(C)C(Cl)(Cl)Cl)C2CC2)cc1. The maximum Gasteiger partial charge on any atom is 0.415 e. The molecule has 3 fully saturated rings. The van der Waals surface area contributed by atoms with Gasteiger partial charge in [-0.3, -0.25) is 20.1 Å². The first-order valence-electron chi connectivity index (χ1n) is 22.3. The van der Waals surface area contributed by atoms with E-state index >= 15 is 4.79 Å². The van der Waals surface area contributed by atoms with Gasteiger partial charge in [0.1, 0.15) is 5.75 Å². The van der Waals surface area contributed by atoms with Crippen LogP contribution in [0.2, 0.25) is 0 Å². The van der Waals surface area contributed by atoms with Gasteiger partial charge >= 0.3 is 12.2 Å². The zero-order valence-corrected chi connectivity index (χ0v) is 40.2. The summed E-state index contributed by atoms with van der Waals surface area (Å²) in [5.41, 5.74) is 1.28. The lowest BCUT2D eigenvalue weighted by Gasteiger charge is -2.59. The fourth-order valence-corrected chi connectivity index (χ4v) is 9.18. The van der Waals surface area contributed by atoms with Crippen molar-refractivity contribution in [3.8, 4) is 11.5 Å². The van der Waals surface area contributed by atoms with E-state index in [1.165, 1.54) is 29.7 Å². The number of likely N-dealkylation sites (tertiary alicyclic amines) is 1. The van der Waals surface area contributed by atoms with Crippen molar-refractivity contribution in [2.75, 3.05) is 26.2 Å². The van der Waals surface area contributed by atoms with Gasteiger partial charge in [0.25, 0.3) is 0 Å². The van der Waals surface area contributed by atoms with Gasteiger partial charge in [0.2, 0.25) is 15.5 Å². The minimum Gasteiger partial charge on any atom is -0.488 e. The van der Waals surface area contributed by atoms with Crippen LogP contribution in [0, 0.1) is 29.8 Å². The number of aryl methyl sites for hydroxylation is 2. The Bertz CT molecular complexity index is 2440. The summed E-state index contributed by atoms with van der Waals surface area (Å²) in [6.45, 7) is 6.69. The van der Waals surface area contributed by atoms with Crippen LogP contribution in [0.25, 0.3) is 0 Å². The highest BCUT2D eigenvalue weighted by atomic mass is 35.6. The maximum absolute atomic E-state index is 15.8. The fraction of sp³-hybridized carbons (Fsp3) is 0.449. The molecule has 4 aromatic carbocycles. The highest BCUT2D eigenvalue weighted by molar-refractivity contribution is 6.68. The van der Waals surface area contributed by atoms with Gasteiger partial charge in [-0.15, -0.1) is 0 Å². The minimum atomic E-state index is -2.03. The molecule has 2 aliphatic heterocycles. The molecule has 2 saturated heterocycles. The molecule has 0 radical (unpaired) electrons. The molecule has 1 aliphatic carbocycles. The summed E-state index contributed by atoms with van der Waals surface area (Å²) in [7, 11) is 0. The fourth-order valence-electron chi connectivity index (χ4n) is 9.07. The first-order valence-corrected chi connectivity index (χ1v) is 23.5. The van der Waals surface area contributed by atoms with E-state index in [4.69, 9.17) is 64.3 Å². The van der Waals surface area contributed by atoms with E-state index in [1.807, 2.05) is 67.3 Å². The molecule has 4 unspecified atom stereocenters. The molecule has 3 amide bonds. The number of fused-ring (bicyclic) bond motifs is 2. The summed E-state index contributed by atoms with van der Waals surface area (Å²) >= 11 is 19.0. The number of piperidine rings is 1. The number of amides is 3. The molecule has 2 bridgehead atoms. The lowest BCUT2D eigenvalue weighted by molar-refractivity contribution is -0.497. The molecule has 13 nitrogen and oxygen atoms in total. The van der Waals surface area contributed by atoms with Gasteiger partial charge in [-0.2, -0.15) is 4.39 Å². The van der Waals surface area contributed by atoms with Crippen LogP contribution in [-0.2, 0) is 33.8 Å². The third-order valence-corrected chi connectivity index (χ3v) is 14.5. The molecule has 68 heavy (non-hydrogen) atoms. The van der Waals surface area contributed by atoms with E-state index in [0.717, 1.165) is 41.2 Å². The molecule has 4 aromatic rings. The summed E-state index contributed by atoms with van der Waals surface area (Å²) in [5.74, 6) is -4.95. The van der Waals surface area contributed by atoms with Crippen molar-refractivity contribution in [1.82, 2.24) is 20.1 Å². The van der Waals surface area contributed by atoms with Gasteiger partial charge in [0.15, 0.2) is 23.0 Å². The molecule has 7 rings (SSSR count). The zero-order valence-electron chi connectivity index (χ0n) is 38.0. The van der Waals surface area contributed by atoms with Crippen molar-refractivity contribution < 1.29 is 57.0 Å². The van der Waals surface area contributed by atoms with Gasteiger partial charge < -0.3 is 24.0 Å². The maximum atomic E-state index is 15.8. The number of piperazine rings is 1. The number of hydrogen-bond donors (Lipinski definition) is 2. The average Bonchev–Trinajstić information content (AvgIpc) is 4.14. The topological polar surface area (TPSA) is 142 Å². The number of benzene rings is 4. The Morgan fingerprint density at radius 2 is 1.51 bits per heavy atom. The van der Waals surface area contributed by atoms with E-state index < -0.39 is 73.6 Å². The second kappa shape index (κ2) is 21.0. The van der Waals surface area contributed by atoms with Crippen LogP contribution in [0.1, 0.15) is 80.2 Å². The molecular weight excluding hydrogens is 952 g/mol. The van der Waals surface area contributed by atoms with E-state index in [0.29, 0.717) is 37.4 Å². The van der Waals surface area contributed by atoms with Gasteiger partial charge in [-0.05, 0) is 113 Å². The first-order chi connectivity index (χ1) is 32.2. The molecule has 1 saturated carbocycles. The number of carbonyl (C=O) groups is 3. The van der Waals surface area contributed by atoms with Crippen LogP contribution < -0.4 is 9.47 Å². The Labute approximate surface area is 408 Å². The number of halogens is 6. The van der Waals surface area contributed by atoms with Crippen LogP contribution >= 0.6 is 34.8 Å². The van der Waals surface area contributed by atoms with E-state index in [-0.39, 0.29) is 50.4 Å². The lowest BCUT2D eigenvalue weighted by Crippen LogP contribution is -2.73. The molecule has 19 heteroatoms. The molecule has 2 N–H and O–H groups in total. The van der Waals surface area contributed by atoms with Crippen LogP contribution in [-0.4, -0.2) is 102 Å². The highest BCUT2D eigenvalue weighted by Crippen LogP contribution is 2.53. The standard InChI is InChI=1S/C49H54Cl3F3N4O9/c1-30-10-12-32(13-11-30)22-23-57(35-18-19-35)44(60)48(4)38(34-16-14-31(15-17-34)8-6-24-65-43-40(54)21-20-39(53)42(43)55)26-36-27-56(28-41(48)58(36)46(62)68-47(2,3)49(50,51)52)45(61)67-37-9-5-7-33(25-37)29-66-59(63)64/h5,7,9-17,20-21,25,35-36,38,41,63-64H,6,8,18-19,22-24,26-29H2,1-4H3. The van der Waals surface area contributed by atoms with Crippen molar-refractivity contribution in [3.63, 3.8) is 0 Å². The van der Waals surface area contributed by atoms with Gasteiger partial charge in [0.05, 0.1) is 36.1 Å². The second-order valence-corrected chi connectivity index (χ2v) is 20.6. The first kappa shape index (κ1) is 51.1. The summed E-state index contributed by atoms with van der Waals surface area (Å²) < 4.78 is 57.2. The quantitative estimate of drug-likeness (QED) is 0.0482. The Kier molecular flexibility index (Phi) is 15.8. The summed E-state index contributed by atoms with van der Waals surface area (Å²) in [4.78, 5) is 54.3. The van der Waals surface area contributed by atoms with Gasteiger partial charge in [0, 0.05) is 31.6 Å². The van der Waals surface area contributed by atoms with Gasteiger partial charge in [-0.25, -0.2) is 23.2 Å². The molecule has 4 atom stereocenters. The Balaban J connectivity index is 1.22. The number of ether oxygens (including phenoxy) is 3. The summed E-state index contributed by atoms with van der Waals surface area (Å²) in [6.07, 6.45) is 1.60. The number of carbonyl (C=O) groups excluding carboxylic acids is 3. The number of hydrogen-bond acceptors (Lipinski definition) is 10. The van der Waals surface area contributed by atoms with E-state index in [2.05, 4.69) is 0 Å².